The highest BCUT2D eigenvalue weighted by atomic mass is 16.1. The number of carbonyl (C=O) groups is 1. The summed E-state index contributed by atoms with van der Waals surface area (Å²) >= 11 is 0. The molecular formula is C27H24N4O. The van der Waals surface area contributed by atoms with Gasteiger partial charge in [-0.25, -0.2) is 9.97 Å². The first-order valence-corrected chi connectivity index (χ1v) is 10.5. The van der Waals surface area contributed by atoms with Crippen LogP contribution in [0.1, 0.15) is 23.2 Å². The number of aryl methyl sites for hydroxylation is 1. The normalized spacial score (nSPS) is 10.9. The average Bonchev–Trinajstić information content (AvgIpc) is 2.84. The molecule has 1 heterocycles. The summed E-state index contributed by atoms with van der Waals surface area (Å²) in [7, 11) is 0. The Labute approximate surface area is 187 Å². The molecule has 0 aliphatic rings. The molecule has 1 aromatic heterocycles. The van der Waals surface area contributed by atoms with Gasteiger partial charge in [-0.2, -0.15) is 0 Å². The van der Waals surface area contributed by atoms with E-state index in [0.717, 1.165) is 16.7 Å². The van der Waals surface area contributed by atoms with Crippen molar-refractivity contribution in [1.29, 1.82) is 0 Å². The molecule has 0 aliphatic heterocycles. The maximum Gasteiger partial charge on any atom is 0.225 e. The summed E-state index contributed by atoms with van der Waals surface area (Å²) in [4.78, 5) is 21.8. The van der Waals surface area contributed by atoms with Gasteiger partial charge in [0.1, 0.15) is 5.69 Å². The third-order valence-electron chi connectivity index (χ3n) is 4.98. The molecule has 0 radical (unpaired) electrons. The Balaban J connectivity index is 1.57. The second-order valence-electron chi connectivity index (χ2n) is 7.39. The first-order chi connectivity index (χ1) is 15.7. The molecule has 0 aliphatic carbocycles. The van der Waals surface area contributed by atoms with Gasteiger partial charge in [-0.3, -0.25) is 4.79 Å². The molecule has 5 heteroatoms. The van der Waals surface area contributed by atoms with Crippen LogP contribution in [-0.4, -0.2) is 15.9 Å². The summed E-state index contributed by atoms with van der Waals surface area (Å²) in [6.07, 6.45) is 6.52. The molecule has 5 nitrogen and oxygen atoms in total. The molecule has 3 aromatic carbocycles. The average molecular weight is 421 g/mol. The van der Waals surface area contributed by atoms with Crippen molar-refractivity contribution in [3.05, 3.63) is 108 Å². The zero-order valence-electron chi connectivity index (χ0n) is 17.6. The number of carbonyl (C=O) groups excluding carboxylic acids is 1. The number of benzene rings is 3. The number of hydrogen-bond donors (Lipinski definition) is 2. The molecule has 0 atom stereocenters. The van der Waals surface area contributed by atoms with E-state index in [0.29, 0.717) is 35.7 Å². The Kier molecular flexibility index (Phi) is 6.68. The predicted octanol–water partition coefficient (Wildman–Crippen LogP) is 5.47. The Morgan fingerprint density at radius 1 is 0.875 bits per heavy atom. The lowest BCUT2D eigenvalue weighted by atomic mass is 10.1. The van der Waals surface area contributed by atoms with Crippen molar-refractivity contribution in [3.63, 3.8) is 0 Å². The fourth-order valence-corrected chi connectivity index (χ4v) is 3.25. The Morgan fingerprint density at radius 2 is 1.56 bits per heavy atom. The molecule has 1 amide bonds. The van der Waals surface area contributed by atoms with Gasteiger partial charge in [-0.05, 0) is 35.8 Å². The van der Waals surface area contributed by atoms with E-state index in [1.807, 2.05) is 97.1 Å². The largest absolute Gasteiger partial charge is 0.399 e. The van der Waals surface area contributed by atoms with Crippen LogP contribution in [0, 0.1) is 0 Å². The summed E-state index contributed by atoms with van der Waals surface area (Å²) < 4.78 is 0. The van der Waals surface area contributed by atoms with Crippen LogP contribution in [0.5, 0.6) is 0 Å². The van der Waals surface area contributed by atoms with Gasteiger partial charge in [0, 0.05) is 17.7 Å². The third kappa shape index (κ3) is 5.67. The van der Waals surface area contributed by atoms with Crippen LogP contribution in [0.25, 0.3) is 23.4 Å². The highest BCUT2D eigenvalue weighted by Gasteiger charge is 2.11. The zero-order valence-corrected chi connectivity index (χ0v) is 17.6. The molecule has 0 saturated carbocycles. The monoisotopic (exact) mass is 420 g/mol. The summed E-state index contributed by atoms with van der Waals surface area (Å²) in [5.41, 5.74) is 10.9. The van der Waals surface area contributed by atoms with Gasteiger partial charge in [0.05, 0.1) is 11.9 Å². The van der Waals surface area contributed by atoms with Crippen LogP contribution in [0.3, 0.4) is 0 Å². The number of amides is 1. The molecule has 0 unspecified atom stereocenters. The SMILES string of the molecule is Nc1ccc(-c2cnc(NC(=O)CCc3ccccc3)c(/C=C/c3ccccc3)n2)cc1. The van der Waals surface area contributed by atoms with Gasteiger partial charge in [0.2, 0.25) is 5.91 Å². The van der Waals surface area contributed by atoms with Crippen molar-refractivity contribution < 1.29 is 4.79 Å². The van der Waals surface area contributed by atoms with Crippen LogP contribution < -0.4 is 11.1 Å². The zero-order chi connectivity index (χ0) is 22.2. The fourth-order valence-electron chi connectivity index (χ4n) is 3.25. The molecule has 32 heavy (non-hydrogen) atoms. The van der Waals surface area contributed by atoms with Crippen molar-refractivity contribution in [3.8, 4) is 11.3 Å². The van der Waals surface area contributed by atoms with Crippen molar-refractivity contribution in [2.75, 3.05) is 11.1 Å². The Bertz CT molecular complexity index is 1200. The number of rotatable bonds is 7. The summed E-state index contributed by atoms with van der Waals surface area (Å²) in [6.45, 7) is 0. The van der Waals surface area contributed by atoms with Crippen LogP contribution in [0.4, 0.5) is 11.5 Å². The van der Waals surface area contributed by atoms with Gasteiger partial charge < -0.3 is 11.1 Å². The van der Waals surface area contributed by atoms with Crippen LogP contribution in [-0.2, 0) is 11.2 Å². The lowest BCUT2D eigenvalue weighted by Crippen LogP contribution is -2.15. The van der Waals surface area contributed by atoms with Crippen LogP contribution in [0.15, 0.2) is 91.1 Å². The number of nitrogens with two attached hydrogens (primary N) is 1. The topological polar surface area (TPSA) is 80.9 Å². The number of nitrogen functional groups attached to an aromatic ring is 1. The molecule has 158 valence electrons. The minimum Gasteiger partial charge on any atom is -0.399 e. The predicted molar refractivity (Wildman–Crippen MR) is 131 cm³/mol. The van der Waals surface area contributed by atoms with E-state index >= 15 is 0 Å². The maximum absolute atomic E-state index is 12.6. The minimum atomic E-state index is -0.0993. The standard InChI is InChI=1S/C27H24N4O/c28-23-15-13-22(14-16-23)25-19-29-27(24(30-25)17-11-20-7-3-1-4-8-20)31-26(32)18-12-21-9-5-2-6-10-21/h1-11,13-17,19H,12,18,28H2,(H,29,31,32)/b17-11+. The molecule has 0 fully saturated rings. The van der Waals surface area contributed by atoms with E-state index in [4.69, 9.17) is 10.7 Å². The van der Waals surface area contributed by atoms with Crippen molar-refractivity contribution >= 4 is 29.6 Å². The van der Waals surface area contributed by atoms with E-state index in [2.05, 4.69) is 10.3 Å². The summed E-state index contributed by atoms with van der Waals surface area (Å²) in [6, 6.07) is 27.3. The van der Waals surface area contributed by atoms with Crippen LogP contribution in [0.2, 0.25) is 0 Å². The quantitative estimate of drug-likeness (QED) is 0.389. The molecule has 0 saturated heterocycles. The van der Waals surface area contributed by atoms with Crippen molar-refractivity contribution in [2.24, 2.45) is 0 Å². The van der Waals surface area contributed by atoms with Gasteiger partial charge >= 0.3 is 0 Å². The highest BCUT2D eigenvalue weighted by Crippen LogP contribution is 2.22. The summed E-state index contributed by atoms with van der Waals surface area (Å²) in [5.74, 6) is 0.340. The minimum absolute atomic E-state index is 0.0993. The third-order valence-corrected chi connectivity index (χ3v) is 4.98. The fraction of sp³-hybridized carbons (Fsp3) is 0.0741. The van der Waals surface area contributed by atoms with E-state index in [-0.39, 0.29) is 5.91 Å². The van der Waals surface area contributed by atoms with E-state index in [1.54, 1.807) is 6.20 Å². The molecule has 4 rings (SSSR count). The van der Waals surface area contributed by atoms with Gasteiger partial charge in [-0.1, -0.05) is 78.9 Å². The molecule has 0 spiro atoms. The van der Waals surface area contributed by atoms with Crippen LogP contribution >= 0.6 is 0 Å². The molecule has 3 N–H and O–H groups in total. The second-order valence-corrected chi connectivity index (χ2v) is 7.39. The first kappa shape index (κ1) is 21.0. The first-order valence-electron chi connectivity index (χ1n) is 10.5. The van der Waals surface area contributed by atoms with Gasteiger partial charge in [0.15, 0.2) is 5.82 Å². The smallest absolute Gasteiger partial charge is 0.225 e. The number of hydrogen-bond acceptors (Lipinski definition) is 4. The number of anilines is 2. The van der Waals surface area contributed by atoms with E-state index in [1.165, 1.54) is 0 Å². The van der Waals surface area contributed by atoms with Crippen molar-refractivity contribution in [2.45, 2.75) is 12.8 Å². The number of nitrogens with zero attached hydrogens (tertiary/aromatic N) is 2. The Morgan fingerprint density at radius 3 is 2.28 bits per heavy atom. The highest BCUT2D eigenvalue weighted by molar-refractivity contribution is 5.92. The van der Waals surface area contributed by atoms with E-state index in [9.17, 15) is 4.79 Å². The second kappa shape index (κ2) is 10.2. The molecule has 4 aromatic rings. The Hall–Kier alpha value is -4.25. The van der Waals surface area contributed by atoms with E-state index < -0.39 is 0 Å². The number of nitrogens with one attached hydrogen (secondary N) is 1. The molecular weight excluding hydrogens is 396 g/mol. The lowest BCUT2D eigenvalue weighted by molar-refractivity contribution is -0.116. The lowest BCUT2D eigenvalue weighted by Gasteiger charge is -2.10. The maximum atomic E-state index is 12.6. The number of aromatic nitrogens is 2. The van der Waals surface area contributed by atoms with Gasteiger partial charge in [0.25, 0.3) is 0 Å². The molecule has 0 bridgehead atoms. The van der Waals surface area contributed by atoms with Gasteiger partial charge in [-0.15, -0.1) is 0 Å². The van der Waals surface area contributed by atoms with Crippen molar-refractivity contribution in [1.82, 2.24) is 9.97 Å². The summed E-state index contributed by atoms with van der Waals surface area (Å²) in [5, 5.41) is 2.92.